The van der Waals surface area contributed by atoms with E-state index in [1.807, 2.05) is 18.2 Å². The zero-order valence-electron chi connectivity index (χ0n) is 15.2. The molecule has 6 nitrogen and oxygen atoms in total. The Balaban J connectivity index is 1.32. The molecule has 1 atom stereocenters. The van der Waals surface area contributed by atoms with E-state index < -0.39 is 0 Å². The molecule has 3 aromatic rings. The molecular weight excluding hydrogens is 362 g/mol. The highest BCUT2D eigenvalue weighted by molar-refractivity contribution is 7.15. The van der Waals surface area contributed by atoms with Crippen molar-refractivity contribution in [3.8, 4) is 11.5 Å². The molecule has 0 bridgehead atoms. The number of hydrogen-bond acceptors (Lipinski definition) is 6. The number of carbonyl (C=O) groups excluding carboxylic acids is 1. The first-order valence-electron chi connectivity index (χ1n) is 9.26. The Labute approximate surface area is 161 Å². The van der Waals surface area contributed by atoms with E-state index in [2.05, 4.69) is 32.8 Å². The molecule has 0 saturated carbocycles. The van der Waals surface area contributed by atoms with Crippen LogP contribution in [0.25, 0.3) is 4.96 Å². The van der Waals surface area contributed by atoms with Crippen LogP contribution in [-0.4, -0.2) is 40.0 Å². The maximum absolute atomic E-state index is 13.0. The van der Waals surface area contributed by atoms with Crippen molar-refractivity contribution in [2.75, 3.05) is 19.9 Å². The quantitative estimate of drug-likeness (QED) is 0.645. The maximum atomic E-state index is 13.0. The van der Waals surface area contributed by atoms with Gasteiger partial charge in [0.1, 0.15) is 0 Å². The van der Waals surface area contributed by atoms with Gasteiger partial charge in [0.25, 0.3) is 0 Å². The maximum Gasteiger partial charge on any atom is 0.231 e. The lowest BCUT2D eigenvalue weighted by Crippen LogP contribution is -2.38. The fourth-order valence-corrected chi connectivity index (χ4v) is 4.82. The summed E-state index contributed by atoms with van der Waals surface area (Å²) in [7, 11) is 0. The normalized spacial score (nSPS) is 19.7. The van der Waals surface area contributed by atoms with E-state index in [4.69, 9.17) is 9.47 Å². The Bertz CT molecular complexity index is 1010. The SMILES string of the molecule is Cc1nc2sccn2c1CN1CCC[C@H](C(=O)c2ccc3c(c2)OCO3)C1. The van der Waals surface area contributed by atoms with Gasteiger partial charge in [-0.2, -0.15) is 0 Å². The van der Waals surface area contributed by atoms with Gasteiger partial charge in [0.05, 0.1) is 11.4 Å². The van der Waals surface area contributed by atoms with Crippen LogP contribution in [0.15, 0.2) is 29.8 Å². The van der Waals surface area contributed by atoms with Crippen molar-refractivity contribution >= 4 is 22.1 Å². The van der Waals surface area contributed by atoms with Crippen molar-refractivity contribution in [1.29, 1.82) is 0 Å². The van der Waals surface area contributed by atoms with Crippen LogP contribution in [0.5, 0.6) is 11.5 Å². The number of aryl methyl sites for hydroxylation is 1. The van der Waals surface area contributed by atoms with E-state index in [9.17, 15) is 4.79 Å². The molecule has 2 aliphatic rings. The fourth-order valence-electron chi connectivity index (χ4n) is 4.04. The van der Waals surface area contributed by atoms with E-state index in [1.54, 1.807) is 11.3 Å². The average Bonchev–Trinajstić information content (AvgIpc) is 3.39. The number of piperidine rings is 1. The van der Waals surface area contributed by atoms with Crippen LogP contribution in [0.3, 0.4) is 0 Å². The molecule has 1 fully saturated rings. The molecule has 27 heavy (non-hydrogen) atoms. The molecular formula is C20H21N3O3S. The first-order valence-corrected chi connectivity index (χ1v) is 10.1. The third-order valence-electron chi connectivity index (χ3n) is 5.47. The fraction of sp³-hybridized carbons (Fsp3) is 0.400. The second-order valence-electron chi connectivity index (χ2n) is 7.21. The minimum Gasteiger partial charge on any atom is -0.454 e. The highest BCUT2D eigenvalue weighted by Gasteiger charge is 2.28. The molecule has 0 radical (unpaired) electrons. The molecule has 0 unspecified atom stereocenters. The second-order valence-corrected chi connectivity index (χ2v) is 8.08. The number of imidazole rings is 1. The summed E-state index contributed by atoms with van der Waals surface area (Å²) in [4.78, 5) is 21.1. The molecule has 1 saturated heterocycles. The molecule has 7 heteroatoms. The number of benzene rings is 1. The molecule has 1 aromatic carbocycles. The van der Waals surface area contributed by atoms with Crippen LogP contribution in [0.4, 0.5) is 0 Å². The number of carbonyl (C=O) groups is 1. The molecule has 2 aromatic heterocycles. The summed E-state index contributed by atoms with van der Waals surface area (Å²) in [6, 6.07) is 5.50. The van der Waals surface area contributed by atoms with Crippen LogP contribution in [0.2, 0.25) is 0 Å². The van der Waals surface area contributed by atoms with Gasteiger partial charge in [0.15, 0.2) is 22.2 Å². The van der Waals surface area contributed by atoms with Crippen LogP contribution in [-0.2, 0) is 6.54 Å². The summed E-state index contributed by atoms with van der Waals surface area (Å²) < 4.78 is 12.9. The zero-order chi connectivity index (χ0) is 18.4. The number of aromatic nitrogens is 2. The molecule has 0 N–H and O–H groups in total. The Kier molecular flexibility index (Phi) is 4.13. The minimum atomic E-state index is 0.0188. The van der Waals surface area contributed by atoms with Gasteiger partial charge in [0.2, 0.25) is 6.79 Å². The van der Waals surface area contributed by atoms with E-state index in [0.29, 0.717) is 17.1 Å². The number of ketones is 1. The van der Waals surface area contributed by atoms with Crippen molar-refractivity contribution in [3.05, 3.63) is 46.7 Å². The average molecular weight is 383 g/mol. The zero-order valence-corrected chi connectivity index (χ0v) is 16.0. The number of Topliss-reactive ketones (excluding diaryl/α,β-unsaturated/α-hetero) is 1. The number of thiazole rings is 1. The van der Waals surface area contributed by atoms with Crippen LogP contribution < -0.4 is 9.47 Å². The first-order chi connectivity index (χ1) is 13.2. The summed E-state index contributed by atoms with van der Waals surface area (Å²) in [6.07, 6.45) is 4.04. The van der Waals surface area contributed by atoms with Crippen molar-refractivity contribution in [2.24, 2.45) is 5.92 Å². The second kappa shape index (κ2) is 6.65. The molecule has 0 aliphatic carbocycles. The monoisotopic (exact) mass is 383 g/mol. The summed E-state index contributed by atoms with van der Waals surface area (Å²) in [5.74, 6) is 1.60. The summed E-state index contributed by atoms with van der Waals surface area (Å²) in [6.45, 7) is 4.92. The molecule has 5 rings (SSSR count). The van der Waals surface area contributed by atoms with Gasteiger partial charge in [-0.05, 0) is 44.5 Å². The molecule has 4 heterocycles. The van der Waals surface area contributed by atoms with Crippen LogP contribution in [0.1, 0.15) is 34.6 Å². The number of fused-ring (bicyclic) bond motifs is 2. The smallest absolute Gasteiger partial charge is 0.231 e. The number of likely N-dealkylation sites (tertiary alicyclic amines) is 1. The van der Waals surface area contributed by atoms with Crippen LogP contribution in [0, 0.1) is 12.8 Å². The highest BCUT2D eigenvalue weighted by Crippen LogP contribution is 2.34. The van der Waals surface area contributed by atoms with Gasteiger partial charge in [-0.25, -0.2) is 4.98 Å². The largest absolute Gasteiger partial charge is 0.454 e. The Hall–Kier alpha value is -2.38. The minimum absolute atomic E-state index is 0.0188. The van der Waals surface area contributed by atoms with Gasteiger partial charge < -0.3 is 9.47 Å². The molecule has 2 aliphatic heterocycles. The summed E-state index contributed by atoms with van der Waals surface area (Å²) >= 11 is 1.65. The van der Waals surface area contributed by atoms with E-state index in [1.165, 1.54) is 5.69 Å². The Morgan fingerprint density at radius 1 is 1.33 bits per heavy atom. The van der Waals surface area contributed by atoms with Crippen LogP contribution >= 0.6 is 11.3 Å². The van der Waals surface area contributed by atoms with E-state index in [-0.39, 0.29) is 18.5 Å². The Morgan fingerprint density at radius 2 is 2.22 bits per heavy atom. The van der Waals surface area contributed by atoms with E-state index in [0.717, 1.165) is 43.1 Å². The number of rotatable bonds is 4. The predicted molar refractivity (Wildman–Crippen MR) is 103 cm³/mol. The standard InChI is InChI=1S/C20H21N3O3S/c1-13-16(23-7-8-27-20(23)21-13)11-22-6-2-3-15(10-22)19(24)14-4-5-17-18(9-14)26-12-25-17/h4-5,7-9,15H,2-3,6,10-12H2,1H3/t15-/m0/s1. The molecule has 0 amide bonds. The predicted octanol–water partition coefficient (Wildman–Crippen LogP) is 3.53. The van der Waals surface area contributed by atoms with Gasteiger partial charge in [0, 0.05) is 36.1 Å². The Morgan fingerprint density at radius 3 is 3.15 bits per heavy atom. The van der Waals surface area contributed by atoms with E-state index >= 15 is 0 Å². The van der Waals surface area contributed by atoms with Crippen molar-refractivity contribution in [3.63, 3.8) is 0 Å². The van der Waals surface area contributed by atoms with Gasteiger partial charge in [-0.1, -0.05) is 0 Å². The molecule has 0 spiro atoms. The topological polar surface area (TPSA) is 56.1 Å². The lowest BCUT2D eigenvalue weighted by molar-refractivity contribution is 0.0809. The summed E-state index contributed by atoms with van der Waals surface area (Å²) in [5.41, 5.74) is 3.01. The van der Waals surface area contributed by atoms with Crippen molar-refractivity contribution in [2.45, 2.75) is 26.3 Å². The van der Waals surface area contributed by atoms with Crippen molar-refractivity contribution < 1.29 is 14.3 Å². The number of nitrogens with zero attached hydrogens (tertiary/aromatic N) is 3. The third-order valence-corrected chi connectivity index (χ3v) is 6.22. The van der Waals surface area contributed by atoms with Gasteiger partial charge in [-0.3, -0.25) is 14.1 Å². The van der Waals surface area contributed by atoms with Crippen molar-refractivity contribution in [1.82, 2.24) is 14.3 Å². The van der Waals surface area contributed by atoms with Gasteiger partial charge >= 0.3 is 0 Å². The third kappa shape index (κ3) is 3.00. The molecule has 140 valence electrons. The number of ether oxygens (including phenoxy) is 2. The number of hydrogen-bond donors (Lipinski definition) is 0. The first kappa shape index (κ1) is 16.8. The lowest BCUT2D eigenvalue weighted by atomic mass is 9.89. The highest BCUT2D eigenvalue weighted by atomic mass is 32.1. The van der Waals surface area contributed by atoms with Gasteiger partial charge in [-0.15, -0.1) is 11.3 Å². The lowest BCUT2D eigenvalue weighted by Gasteiger charge is -2.32. The summed E-state index contributed by atoms with van der Waals surface area (Å²) in [5, 5.41) is 2.06.